The van der Waals surface area contributed by atoms with Gasteiger partial charge >= 0.3 is 0 Å². The van der Waals surface area contributed by atoms with Crippen LogP contribution in [-0.4, -0.2) is 40.8 Å². The van der Waals surface area contributed by atoms with Gasteiger partial charge in [0.15, 0.2) is 5.58 Å². The number of aromatic nitrogens is 1. The Bertz CT molecular complexity index is 1130. The molecule has 2 fully saturated rings. The zero-order valence-corrected chi connectivity index (χ0v) is 19.1. The molecule has 33 heavy (non-hydrogen) atoms. The highest BCUT2D eigenvalue weighted by Gasteiger charge is 2.31. The molecule has 3 aromatic rings. The molecule has 0 bridgehead atoms. The van der Waals surface area contributed by atoms with Gasteiger partial charge in [-0.25, -0.2) is 4.98 Å². The number of amides is 2. The van der Waals surface area contributed by atoms with Gasteiger partial charge in [0, 0.05) is 36.2 Å². The molecule has 1 saturated heterocycles. The molecule has 1 aromatic heterocycles. The van der Waals surface area contributed by atoms with Crippen molar-refractivity contribution in [1.82, 2.24) is 15.2 Å². The van der Waals surface area contributed by atoms with Crippen LogP contribution in [0.25, 0.3) is 22.6 Å². The Morgan fingerprint density at radius 3 is 2.48 bits per heavy atom. The van der Waals surface area contributed by atoms with Gasteiger partial charge in [-0.1, -0.05) is 38.0 Å². The molecule has 1 atom stereocenters. The molecular formula is C27H31N3O3. The van der Waals surface area contributed by atoms with Crippen molar-refractivity contribution >= 4 is 22.9 Å². The van der Waals surface area contributed by atoms with E-state index in [9.17, 15) is 9.59 Å². The Morgan fingerprint density at radius 2 is 1.76 bits per heavy atom. The van der Waals surface area contributed by atoms with Crippen molar-refractivity contribution in [1.29, 1.82) is 0 Å². The maximum absolute atomic E-state index is 13.1. The summed E-state index contributed by atoms with van der Waals surface area (Å²) in [6.45, 7) is 3.39. The number of piperidine rings is 1. The number of hydrogen-bond acceptors (Lipinski definition) is 4. The monoisotopic (exact) mass is 445 g/mol. The van der Waals surface area contributed by atoms with E-state index in [1.54, 1.807) is 0 Å². The molecule has 2 aromatic carbocycles. The second-order valence-electron chi connectivity index (χ2n) is 9.48. The Kier molecular flexibility index (Phi) is 6.16. The van der Waals surface area contributed by atoms with E-state index in [0.29, 0.717) is 47.6 Å². The molecule has 0 spiro atoms. The van der Waals surface area contributed by atoms with Crippen molar-refractivity contribution in [2.75, 3.05) is 13.1 Å². The Morgan fingerprint density at radius 1 is 1.03 bits per heavy atom. The standard InChI is InChI=1S/C27H31N3O3/c1-18(25(31)28-22-9-5-6-10-22)19-13-15-30(16-14-19)27(32)21-11-12-24-23(17-21)29-26(33-24)20-7-3-2-4-8-20/h2-4,7-8,11-12,17-19,22H,5-6,9-10,13-16H2,1H3,(H,28,31)/t18-/m1/s1. The van der Waals surface area contributed by atoms with Gasteiger partial charge in [0.1, 0.15) is 5.52 Å². The van der Waals surface area contributed by atoms with Gasteiger partial charge in [-0.05, 0) is 61.9 Å². The van der Waals surface area contributed by atoms with Crippen LogP contribution in [0.15, 0.2) is 52.9 Å². The van der Waals surface area contributed by atoms with E-state index in [0.717, 1.165) is 31.2 Å². The lowest BCUT2D eigenvalue weighted by Gasteiger charge is -2.34. The quantitative estimate of drug-likeness (QED) is 0.597. The third-order valence-electron chi connectivity index (χ3n) is 7.30. The van der Waals surface area contributed by atoms with Crippen LogP contribution in [0.2, 0.25) is 0 Å². The van der Waals surface area contributed by atoms with E-state index in [1.807, 2.05) is 60.4 Å². The summed E-state index contributed by atoms with van der Waals surface area (Å²) in [5, 5.41) is 3.23. The summed E-state index contributed by atoms with van der Waals surface area (Å²) < 4.78 is 5.87. The minimum atomic E-state index is -0.00857. The largest absolute Gasteiger partial charge is 0.436 e. The third-order valence-corrected chi connectivity index (χ3v) is 7.30. The average molecular weight is 446 g/mol. The molecule has 172 valence electrons. The first-order chi connectivity index (χ1) is 16.1. The topological polar surface area (TPSA) is 75.4 Å². The molecule has 0 unspecified atom stereocenters. The number of fused-ring (bicyclic) bond motifs is 1. The summed E-state index contributed by atoms with van der Waals surface area (Å²) in [5.41, 5.74) is 2.90. The summed E-state index contributed by atoms with van der Waals surface area (Å²) in [4.78, 5) is 32.3. The highest BCUT2D eigenvalue weighted by molar-refractivity contribution is 5.97. The predicted molar refractivity (Wildman–Crippen MR) is 128 cm³/mol. The van der Waals surface area contributed by atoms with Gasteiger partial charge in [-0.3, -0.25) is 9.59 Å². The van der Waals surface area contributed by atoms with Gasteiger partial charge in [0.25, 0.3) is 5.91 Å². The molecule has 5 rings (SSSR count). The lowest BCUT2D eigenvalue weighted by Crippen LogP contribution is -2.44. The molecule has 1 N–H and O–H groups in total. The first-order valence-electron chi connectivity index (χ1n) is 12.1. The number of carbonyl (C=O) groups is 2. The lowest BCUT2D eigenvalue weighted by atomic mass is 9.84. The van der Waals surface area contributed by atoms with Gasteiger partial charge in [-0.15, -0.1) is 0 Å². The average Bonchev–Trinajstić information content (AvgIpc) is 3.53. The number of carbonyl (C=O) groups excluding carboxylic acids is 2. The summed E-state index contributed by atoms with van der Waals surface area (Å²) in [5.74, 6) is 1.06. The number of oxazole rings is 1. The fourth-order valence-corrected chi connectivity index (χ4v) is 5.17. The van der Waals surface area contributed by atoms with Crippen molar-refractivity contribution in [2.24, 2.45) is 11.8 Å². The van der Waals surface area contributed by atoms with Crippen LogP contribution in [-0.2, 0) is 4.79 Å². The van der Waals surface area contributed by atoms with Crippen LogP contribution in [0.4, 0.5) is 0 Å². The lowest BCUT2D eigenvalue weighted by molar-refractivity contribution is -0.127. The SMILES string of the molecule is C[C@@H](C(=O)NC1CCCC1)C1CCN(C(=O)c2ccc3oc(-c4ccccc4)nc3c2)CC1. The van der Waals surface area contributed by atoms with Crippen molar-refractivity contribution in [2.45, 2.75) is 51.5 Å². The van der Waals surface area contributed by atoms with Crippen LogP contribution in [0.1, 0.15) is 55.8 Å². The van der Waals surface area contributed by atoms with Gasteiger partial charge in [0.05, 0.1) is 0 Å². The van der Waals surface area contributed by atoms with E-state index in [-0.39, 0.29) is 17.7 Å². The molecule has 2 amide bonds. The van der Waals surface area contributed by atoms with Crippen LogP contribution >= 0.6 is 0 Å². The number of nitrogens with one attached hydrogen (secondary N) is 1. The molecule has 6 heteroatoms. The van der Waals surface area contributed by atoms with Crippen LogP contribution < -0.4 is 5.32 Å². The number of benzene rings is 2. The molecule has 1 aliphatic heterocycles. The Hall–Kier alpha value is -3.15. The molecule has 2 aliphatic rings. The number of hydrogen-bond donors (Lipinski definition) is 1. The fraction of sp³-hybridized carbons (Fsp3) is 0.444. The van der Waals surface area contributed by atoms with Crippen LogP contribution in [0.3, 0.4) is 0 Å². The normalized spacial score (nSPS) is 18.5. The molecule has 1 aliphatic carbocycles. The Balaban J connectivity index is 1.21. The van der Waals surface area contributed by atoms with Crippen molar-refractivity contribution in [3.63, 3.8) is 0 Å². The molecular weight excluding hydrogens is 414 g/mol. The maximum Gasteiger partial charge on any atom is 0.253 e. The maximum atomic E-state index is 13.1. The molecule has 0 radical (unpaired) electrons. The summed E-state index contributed by atoms with van der Waals surface area (Å²) >= 11 is 0. The van der Waals surface area contributed by atoms with E-state index >= 15 is 0 Å². The molecule has 6 nitrogen and oxygen atoms in total. The van der Waals surface area contributed by atoms with E-state index in [2.05, 4.69) is 10.3 Å². The van der Waals surface area contributed by atoms with E-state index in [4.69, 9.17) is 4.42 Å². The first-order valence-corrected chi connectivity index (χ1v) is 12.1. The minimum absolute atomic E-state index is 0.00857. The van der Waals surface area contributed by atoms with Crippen molar-refractivity contribution in [3.8, 4) is 11.5 Å². The number of likely N-dealkylation sites (tertiary alicyclic amines) is 1. The van der Waals surface area contributed by atoms with Gasteiger partial charge in [-0.2, -0.15) is 0 Å². The van der Waals surface area contributed by atoms with Crippen molar-refractivity contribution in [3.05, 3.63) is 54.1 Å². The van der Waals surface area contributed by atoms with Crippen molar-refractivity contribution < 1.29 is 14.0 Å². The molecule has 2 heterocycles. The Labute approximate surface area is 194 Å². The highest BCUT2D eigenvalue weighted by atomic mass is 16.3. The van der Waals surface area contributed by atoms with E-state index < -0.39 is 0 Å². The molecule has 1 saturated carbocycles. The zero-order valence-electron chi connectivity index (χ0n) is 19.1. The first kappa shape index (κ1) is 21.7. The third kappa shape index (κ3) is 4.65. The summed E-state index contributed by atoms with van der Waals surface area (Å²) in [6.07, 6.45) is 6.36. The van der Waals surface area contributed by atoms with E-state index in [1.165, 1.54) is 12.8 Å². The highest BCUT2D eigenvalue weighted by Crippen LogP contribution is 2.29. The minimum Gasteiger partial charge on any atom is -0.436 e. The number of rotatable bonds is 5. The van der Waals surface area contributed by atoms with Crippen LogP contribution in [0, 0.1) is 11.8 Å². The van der Waals surface area contributed by atoms with Gasteiger partial charge < -0.3 is 14.6 Å². The smallest absolute Gasteiger partial charge is 0.253 e. The fourth-order valence-electron chi connectivity index (χ4n) is 5.17. The predicted octanol–water partition coefficient (Wildman–Crippen LogP) is 5.04. The second-order valence-corrected chi connectivity index (χ2v) is 9.48. The second kappa shape index (κ2) is 9.38. The number of nitrogens with zero attached hydrogens (tertiary/aromatic N) is 2. The van der Waals surface area contributed by atoms with Crippen LogP contribution in [0.5, 0.6) is 0 Å². The summed E-state index contributed by atoms with van der Waals surface area (Å²) in [7, 11) is 0. The zero-order chi connectivity index (χ0) is 22.8. The van der Waals surface area contributed by atoms with Gasteiger partial charge in [0.2, 0.25) is 11.8 Å². The summed E-state index contributed by atoms with van der Waals surface area (Å²) in [6, 6.07) is 15.6.